The lowest BCUT2D eigenvalue weighted by molar-refractivity contribution is -0.138. The van der Waals surface area contributed by atoms with Crippen molar-refractivity contribution in [3.05, 3.63) is 54.1 Å². The number of carbonyl (C=O) groups is 2. The van der Waals surface area contributed by atoms with Crippen LogP contribution >= 0.6 is 0 Å². The minimum atomic E-state index is -4.50. The highest BCUT2D eigenvalue weighted by Crippen LogP contribution is 2.34. The van der Waals surface area contributed by atoms with E-state index in [1.165, 1.54) is 18.2 Å². The fourth-order valence-corrected chi connectivity index (χ4v) is 3.52. The highest BCUT2D eigenvalue weighted by molar-refractivity contribution is 5.84. The molecule has 1 aromatic carbocycles. The minimum absolute atomic E-state index is 0.00333. The number of hydrogen-bond acceptors (Lipinski definition) is 5. The zero-order valence-corrected chi connectivity index (χ0v) is 17.4. The summed E-state index contributed by atoms with van der Waals surface area (Å²) in [5, 5.41) is 28.9. The van der Waals surface area contributed by atoms with Crippen LogP contribution in [0.2, 0.25) is 0 Å². The van der Waals surface area contributed by atoms with Gasteiger partial charge in [-0.3, -0.25) is 9.59 Å². The molecule has 3 N–H and O–H groups in total. The zero-order chi connectivity index (χ0) is 23.7. The Hall–Kier alpha value is -2.65. The van der Waals surface area contributed by atoms with E-state index in [9.17, 15) is 33.0 Å². The van der Waals surface area contributed by atoms with Crippen molar-refractivity contribution in [3.8, 4) is 5.75 Å². The van der Waals surface area contributed by atoms with Crippen molar-refractivity contribution in [2.45, 2.75) is 50.5 Å². The van der Waals surface area contributed by atoms with E-state index in [0.29, 0.717) is 19.3 Å². The Balaban J connectivity index is 1.88. The highest BCUT2D eigenvalue weighted by atomic mass is 19.4. The smallest absolute Gasteiger partial charge is 0.416 e. The standard InChI is InChI=1S/C23H27F3O6/c24-23(25,26)15-6-5-7-17(12-15)32-14-16(27)10-11-19-18(20(28)13-21(19)29)8-3-1-2-4-9-22(30)31/h1,3,5-7,10-12,16,18-19,21,27,29H,2,4,8-9,13-14H2,(H,30,31)/b3-1-,11-10+/t16-,18-,19-,21+/m1/s1. The zero-order valence-electron chi connectivity index (χ0n) is 17.4. The first kappa shape index (κ1) is 25.6. The lowest BCUT2D eigenvalue weighted by atomic mass is 9.90. The second kappa shape index (κ2) is 11.8. The third-order valence-corrected chi connectivity index (χ3v) is 5.19. The topological polar surface area (TPSA) is 104 Å². The molecule has 1 saturated carbocycles. The molecule has 0 amide bonds. The summed E-state index contributed by atoms with van der Waals surface area (Å²) in [5.74, 6) is -1.97. The first-order valence-electron chi connectivity index (χ1n) is 10.3. The first-order chi connectivity index (χ1) is 15.1. The van der Waals surface area contributed by atoms with Crippen LogP contribution in [0.3, 0.4) is 0 Å². The molecule has 0 spiro atoms. The Morgan fingerprint density at radius 3 is 2.72 bits per heavy atom. The summed E-state index contributed by atoms with van der Waals surface area (Å²) in [6, 6.07) is 4.32. The average Bonchev–Trinajstić information content (AvgIpc) is 2.99. The second-order valence-corrected chi connectivity index (χ2v) is 7.70. The second-order valence-electron chi connectivity index (χ2n) is 7.70. The lowest BCUT2D eigenvalue weighted by Gasteiger charge is -2.17. The molecule has 1 aromatic rings. The number of unbranched alkanes of at least 4 members (excludes halogenated alkanes) is 1. The molecule has 0 bridgehead atoms. The number of carboxylic acid groups (broad SMARTS) is 1. The number of halogens is 3. The van der Waals surface area contributed by atoms with Crippen LogP contribution in [0, 0.1) is 11.8 Å². The van der Waals surface area contributed by atoms with Gasteiger partial charge in [0.05, 0.1) is 11.7 Å². The Morgan fingerprint density at radius 2 is 2.03 bits per heavy atom. The molecule has 2 rings (SSSR count). The van der Waals surface area contributed by atoms with E-state index in [1.807, 2.05) is 0 Å². The molecule has 0 radical (unpaired) electrons. The van der Waals surface area contributed by atoms with Gasteiger partial charge in [0.25, 0.3) is 0 Å². The van der Waals surface area contributed by atoms with Crippen LogP contribution in [-0.2, 0) is 15.8 Å². The quantitative estimate of drug-likeness (QED) is 0.346. The summed E-state index contributed by atoms with van der Waals surface area (Å²) in [6.45, 7) is -0.289. The van der Waals surface area contributed by atoms with E-state index >= 15 is 0 Å². The van der Waals surface area contributed by atoms with E-state index in [4.69, 9.17) is 9.84 Å². The maximum absolute atomic E-state index is 12.8. The van der Waals surface area contributed by atoms with Crippen LogP contribution in [-0.4, -0.2) is 45.9 Å². The number of allylic oxidation sites excluding steroid dienone is 2. The molecular formula is C23H27F3O6. The van der Waals surface area contributed by atoms with Crippen LogP contribution < -0.4 is 4.74 Å². The van der Waals surface area contributed by atoms with Crippen molar-refractivity contribution in [1.29, 1.82) is 0 Å². The van der Waals surface area contributed by atoms with Gasteiger partial charge >= 0.3 is 12.1 Å². The van der Waals surface area contributed by atoms with E-state index in [2.05, 4.69) is 0 Å². The number of carboxylic acids is 1. The van der Waals surface area contributed by atoms with Crippen LogP contribution in [0.4, 0.5) is 13.2 Å². The summed E-state index contributed by atoms with van der Waals surface area (Å²) in [5.41, 5.74) is -0.855. The molecule has 1 fully saturated rings. The molecule has 0 aromatic heterocycles. The predicted octanol–water partition coefficient (Wildman–Crippen LogP) is 3.77. The normalized spacial score (nSPS) is 22.7. The molecule has 0 aliphatic heterocycles. The van der Waals surface area contributed by atoms with Gasteiger partial charge < -0.3 is 20.1 Å². The molecule has 176 valence electrons. The van der Waals surface area contributed by atoms with Crippen LogP contribution in [0.5, 0.6) is 5.75 Å². The van der Waals surface area contributed by atoms with Crippen molar-refractivity contribution in [3.63, 3.8) is 0 Å². The summed E-state index contributed by atoms with van der Waals surface area (Å²) in [4.78, 5) is 22.7. The molecule has 0 saturated heterocycles. The van der Waals surface area contributed by atoms with E-state index < -0.39 is 41.8 Å². The van der Waals surface area contributed by atoms with Gasteiger partial charge in [-0.05, 0) is 37.5 Å². The Bertz CT molecular complexity index is 833. The number of aliphatic hydroxyl groups excluding tert-OH is 2. The van der Waals surface area contributed by atoms with Gasteiger partial charge in [-0.25, -0.2) is 0 Å². The van der Waals surface area contributed by atoms with Crippen molar-refractivity contribution in [2.75, 3.05) is 6.61 Å². The lowest BCUT2D eigenvalue weighted by Crippen LogP contribution is -2.20. The molecule has 32 heavy (non-hydrogen) atoms. The fourth-order valence-electron chi connectivity index (χ4n) is 3.52. The van der Waals surface area contributed by atoms with Gasteiger partial charge in [-0.15, -0.1) is 0 Å². The third-order valence-electron chi connectivity index (χ3n) is 5.19. The molecule has 0 unspecified atom stereocenters. The number of Topliss-reactive ketones (excluding diaryl/α,β-unsaturated/α-hetero) is 1. The van der Waals surface area contributed by atoms with Gasteiger partial charge in [0.1, 0.15) is 24.2 Å². The molecule has 1 aliphatic rings. The molecular weight excluding hydrogens is 429 g/mol. The van der Waals surface area contributed by atoms with E-state index in [0.717, 1.165) is 12.1 Å². The highest BCUT2D eigenvalue weighted by Gasteiger charge is 2.39. The van der Waals surface area contributed by atoms with Crippen LogP contribution in [0.15, 0.2) is 48.6 Å². The van der Waals surface area contributed by atoms with E-state index in [1.54, 1.807) is 18.2 Å². The summed E-state index contributed by atoms with van der Waals surface area (Å²) >= 11 is 0. The maximum atomic E-state index is 12.8. The molecule has 9 heteroatoms. The van der Waals surface area contributed by atoms with Gasteiger partial charge in [0.15, 0.2) is 0 Å². The SMILES string of the molecule is O=C(O)CCC/C=C\C[C@H]1C(=O)C[C@H](O)[C@@H]1/C=C/[C@@H](O)COc1cccc(C(F)(F)F)c1. The number of ether oxygens (including phenoxy) is 1. The van der Waals surface area contributed by atoms with Gasteiger partial charge in [0.2, 0.25) is 0 Å². The van der Waals surface area contributed by atoms with Crippen molar-refractivity contribution in [2.24, 2.45) is 11.8 Å². The molecule has 0 heterocycles. The first-order valence-corrected chi connectivity index (χ1v) is 10.3. The third kappa shape index (κ3) is 8.12. The number of hydrogen-bond donors (Lipinski definition) is 3. The molecule has 4 atom stereocenters. The van der Waals surface area contributed by atoms with Crippen molar-refractivity contribution < 1.29 is 42.8 Å². The average molecular weight is 456 g/mol. The van der Waals surface area contributed by atoms with Gasteiger partial charge in [0, 0.05) is 24.7 Å². The van der Waals surface area contributed by atoms with Gasteiger partial charge in [-0.1, -0.05) is 30.4 Å². The summed E-state index contributed by atoms with van der Waals surface area (Å²) < 4.78 is 43.5. The van der Waals surface area contributed by atoms with Gasteiger partial charge in [-0.2, -0.15) is 13.2 Å². The van der Waals surface area contributed by atoms with Crippen molar-refractivity contribution in [1.82, 2.24) is 0 Å². The summed E-state index contributed by atoms with van der Waals surface area (Å²) in [6.07, 6.45) is 1.49. The Morgan fingerprint density at radius 1 is 1.28 bits per heavy atom. The molecule has 6 nitrogen and oxygen atoms in total. The van der Waals surface area contributed by atoms with E-state index in [-0.39, 0.29) is 31.0 Å². The molecule has 1 aliphatic carbocycles. The number of aliphatic carboxylic acids is 1. The number of alkyl halides is 3. The maximum Gasteiger partial charge on any atom is 0.416 e. The Labute approximate surface area is 184 Å². The number of benzene rings is 1. The largest absolute Gasteiger partial charge is 0.491 e. The minimum Gasteiger partial charge on any atom is -0.491 e. The van der Waals surface area contributed by atoms with Crippen molar-refractivity contribution >= 4 is 11.8 Å². The number of carbonyl (C=O) groups excluding carboxylic acids is 1. The predicted molar refractivity (Wildman–Crippen MR) is 110 cm³/mol. The number of aliphatic hydroxyl groups is 2. The number of ketones is 1. The summed E-state index contributed by atoms with van der Waals surface area (Å²) in [7, 11) is 0. The Kier molecular flexibility index (Phi) is 9.46. The van der Waals surface area contributed by atoms with Crippen LogP contribution in [0.25, 0.3) is 0 Å². The van der Waals surface area contributed by atoms with Crippen LogP contribution in [0.1, 0.15) is 37.7 Å². The fraction of sp³-hybridized carbons (Fsp3) is 0.478. The number of rotatable bonds is 11. The monoisotopic (exact) mass is 456 g/mol.